The number of nitrogens with one attached hydrogen (secondary N) is 1. The number of thioether (sulfide) groups is 1. The lowest BCUT2D eigenvalue weighted by molar-refractivity contribution is 0.612. The molecule has 1 N–H and O–H groups in total. The van der Waals surface area contributed by atoms with E-state index in [0.717, 1.165) is 12.3 Å². The van der Waals surface area contributed by atoms with E-state index in [2.05, 4.69) is 53.5 Å². The summed E-state index contributed by atoms with van der Waals surface area (Å²) in [5, 5.41) is 6.38. The van der Waals surface area contributed by atoms with Crippen LogP contribution in [0.1, 0.15) is 31.7 Å². The van der Waals surface area contributed by atoms with Crippen LogP contribution in [0.25, 0.3) is 0 Å². The van der Waals surface area contributed by atoms with Crippen molar-refractivity contribution in [3.63, 3.8) is 0 Å². The molecule has 1 atom stereocenters. The van der Waals surface area contributed by atoms with E-state index in [1.54, 1.807) is 0 Å². The largest absolute Gasteiger partial charge is 0.309 e. The molecule has 15 heavy (non-hydrogen) atoms. The van der Waals surface area contributed by atoms with Crippen molar-refractivity contribution in [1.82, 2.24) is 5.32 Å². The zero-order chi connectivity index (χ0) is 11.3. The SMILES string of the molecule is CCNC(CSC(C)C)c1sccc1Br. The van der Waals surface area contributed by atoms with Gasteiger partial charge in [0.1, 0.15) is 0 Å². The van der Waals surface area contributed by atoms with E-state index in [1.807, 2.05) is 23.1 Å². The van der Waals surface area contributed by atoms with E-state index in [0.29, 0.717) is 11.3 Å². The fourth-order valence-electron chi connectivity index (χ4n) is 1.32. The molecule has 4 heteroatoms. The smallest absolute Gasteiger partial charge is 0.0518 e. The topological polar surface area (TPSA) is 12.0 Å². The fraction of sp³-hybridized carbons (Fsp3) is 0.636. The van der Waals surface area contributed by atoms with Crippen LogP contribution in [-0.2, 0) is 0 Å². The molecule has 0 aliphatic carbocycles. The molecule has 1 heterocycles. The van der Waals surface area contributed by atoms with Crippen molar-refractivity contribution in [2.24, 2.45) is 0 Å². The Balaban J connectivity index is 2.61. The summed E-state index contributed by atoms with van der Waals surface area (Å²) >= 11 is 7.44. The molecule has 1 rings (SSSR count). The molecule has 0 fully saturated rings. The molecule has 1 aromatic rings. The molecule has 1 aromatic heterocycles. The number of hydrogen-bond donors (Lipinski definition) is 1. The summed E-state index contributed by atoms with van der Waals surface area (Å²) in [4.78, 5) is 1.42. The Hall–Kier alpha value is 0.490. The second kappa shape index (κ2) is 6.94. The Kier molecular flexibility index (Phi) is 6.27. The summed E-state index contributed by atoms with van der Waals surface area (Å²) in [5.41, 5.74) is 0. The van der Waals surface area contributed by atoms with E-state index < -0.39 is 0 Å². The van der Waals surface area contributed by atoms with Crippen molar-refractivity contribution in [3.05, 3.63) is 20.8 Å². The van der Waals surface area contributed by atoms with Gasteiger partial charge in [-0.15, -0.1) is 11.3 Å². The Labute approximate surface area is 109 Å². The van der Waals surface area contributed by atoms with Crippen LogP contribution in [0.3, 0.4) is 0 Å². The Morgan fingerprint density at radius 2 is 2.27 bits per heavy atom. The minimum Gasteiger partial charge on any atom is -0.309 e. The fourth-order valence-corrected chi connectivity index (χ4v) is 4.01. The van der Waals surface area contributed by atoms with E-state index in [9.17, 15) is 0 Å². The molecule has 0 aliphatic rings. The van der Waals surface area contributed by atoms with Crippen molar-refractivity contribution in [1.29, 1.82) is 0 Å². The van der Waals surface area contributed by atoms with Gasteiger partial charge < -0.3 is 5.32 Å². The lowest BCUT2D eigenvalue weighted by Crippen LogP contribution is -2.22. The van der Waals surface area contributed by atoms with Gasteiger partial charge in [0, 0.05) is 15.1 Å². The van der Waals surface area contributed by atoms with Gasteiger partial charge in [-0.3, -0.25) is 0 Å². The van der Waals surface area contributed by atoms with Crippen LogP contribution in [0.4, 0.5) is 0 Å². The van der Waals surface area contributed by atoms with E-state index in [-0.39, 0.29) is 0 Å². The number of thiophene rings is 1. The second-order valence-electron chi connectivity index (χ2n) is 3.63. The highest BCUT2D eigenvalue weighted by molar-refractivity contribution is 9.10. The summed E-state index contributed by atoms with van der Waals surface area (Å²) in [7, 11) is 0. The van der Waals surface area contributed by atoms with Crippen molar-refractivity contribution in [2.75, 3.05) is 12.3 Å². The maximum absolute atomic E-state index is 3.61. The molecular weight excluding hydrogens is 290 g/mol. The molecule has 0 aliphatic heterocycles. The van der Waals surface area contributed by atoms with E-state index in [4.69, 9.17) is 0 Å². The first-order valence-corrected chi connectivity index (χ1v) is 7.95. The van der Waals surface area contributed by atoms with Crippen LogP contribution in [0.15, 0.2) is 15.9 Å². The van der Waals surface area contributed by atoms with E-state index >= 15 is 0 Å². The Morgan fingerprint density at radius 3 is 2.73 bits per heavy atom. The normalized spacial score (nSPS) is 13.4. The number of rotatable bonds is 6. The summed E-state index contributed by atoms with van der Waals surface area (Å²) in [6, 6.07) is 2.61. The minimum atomic E-state index is 0.483. The standard InChI is InChI=1S/C11H18BrNS2/c1-4-13-10(7-15-8(2)3)11-9(12)5-6-14-11/h5-6,8,10,13H,4,7H2,1-3H3. The quantitative estimate of drug-likeness (QED) is 0.841. The maximum Gasteiger partial charge on any atom is 0.0518 e. The molecular formula is C11H18BrNS2. The first-order valence-electron chi connectivity index (χ1n) is 5.23. The summed E-state index contributed by atoms with van der Waals surface area (Å²) in [6.45, 7) is 7.68. The average Bonchev–Trinajstić information content (AvgIpc) is 2.59. The molecule has 0 amide bonds. The second-order valence-corrected chi connectivity index (χ2v) is 7.04. The van der Waals surface area contributed by atoms with Gasteiger partial charge in [-0.05, 0) is 39.2 Å². The summed E-state index contributed by atoms with van der Waals surface area (Å²) < 4.78 is 1.24. The first-order chi connectivity index (χ1) is 7.15. The molecule has 1 unspecified atom stereocenters. The highest BCUT2D eigenvalue weighted by Gasteiger charge is 2.15. The summed E-state index contributed by atoms with van der Waals surface area (Å²) in [5.74, 6) is 1.14. The monoisotopic (exact) mass is 307 g/mol. The lowest BCUT2D eigenvalue weighted by Gasteiger charge is -2.18. The van der Waals surface area contributed by atoms with Gasteiger partial charge in [-0.25, -0.2) is 0 Å². The van der Waals surface area contributed by atoms with Crippen molar-refractivity contribution in [3.8, 4) is 0 Å². The predicted octanol–water partition coefficient (Wildman–Crippen LogP) is 4.30. The van der Waals surface area contributed by atoms with Crippen molar-refractivity contribution >= 4 is 39.0 Å². The number of hydrogen-bond acceptors (Lipinski definition) is 3. The minimum absolute atomic E-state index is 0.483. The van der Waals surface area contributed by atoms with Gasteiger partial charge in [0.2, 0.25) is 0 Å². The van der Waals surface area contributed by atoms with Gasteiger partial charge in [0.25, 0.3) is 0 Å². The van der Waals surface area contributed by atoms with Gasteiger partial charge in [-0.1, -0.05) is 20.8 Å². The molecule has 1 nitrogen and oxygen atoms in total. The van der Waals surface area contributed by atoms with Gasteiger partial charge in [0.15, 0.2) is 0 Å². The predicted molar refractivity (Wildman–Crippen MR) is 76.0 cm³/mol. The molecule has 0 spiro atoms. The molecule has 86 valence electrons. The zero-order valence-corrected chi connectivity index (χ0v) is 12.6. The molecule has 0 bridgehead atoms. The van der Waals surface area contributed by atoms with Crippen molar-refractivity contribution in [2.45, 2.75) is 32.1 Å². The van der Waals surface area contributed by atoms with Crippen molar-refractivity contribution < 1.29 is 0 Å². The maximum atomic E-state index is 3.61. The first kappa shape index (κ1) is 13.6. The van der Waals surface area contributed by atoms with Gasteiger partial charge in [-0.2, -0.15) is 11.8 Å². The third-order valence-electron chi connectivity index (χ3n) is 2.01. The van der Waals surface area contributed by atoms with Crippen LogP contribution >= 0.6 is 39.0 Å². The average molecular weight is 308 g/mol. The molecule has 0 aromatic carbocycles. The van der Waals surface area contributed by atoms with Gasteiger partial charge in [0.05, 0.1) is 6.04 Å². The summed E-state index contributed by atoms with van der Waals surface area (Å²) in [6.07, 6.45) is 0. The molecule has 0 saturated carbocycles. The van der Waals surface area contributed by atoms with Crippen LogP contribution in [0.2, 0.25) is 0 Å². The van der Waals surface area contributed by atoms with Crippen LogP contribution < -0.4 is 5.32 Å². The van der Waals surface area contributed by atoms with E-state index in [1.165, 1.54) is 9.35 Å². The zero-order valence-electron chi connectivity index (χ0n) is 9.42. The Morgan fingerprint density at radius 1 is 1.53 bits per heavy atom. The lowest BCUT2D eigenvalue weighted by atomic mass is 10.3. The highest BCUT2D eigenvalue weighted by Crippen LogP contribution is 2.31. The third kappa shape index (κ3) is 4.47. The van der Waals surface area contributed by atoms with Crippen LogP contribution in [-0.4, -0.2) is 17.5 Å². The highest BCUT2D eigenvalue weighted by atomic mass is 79.9. The third-order valence-corrected chi connectivity index (χ3v) is 5.18. The van der Waals surface area contributed by atoms with Crippen LogP contribution in [0, 0.1) is 0 Å². The molecule has 0 saturated heterocycles. The number of halogens is 1. The van der Waals surface area contributed by atoms with Crippen LogP contribution in [0.5, 0.6) is 0 Å². The Bertz CT molecular complexity index is 286. The molecule has 0 radical (unpaired) electrons. The van der Waals surface area contributed by atoms with Gasteiger partial charge >= 0.3 is 0 Å².